The van der Waals surface area contributed by atoms with Crippen LogP contribution in [0.15, 0.2) is 42.5 Å². The number of nitrogens with one attached hydrogen (secondary N) is 2. The molecule has 4 N–H and O–H groups in total. The zero-order valence-corrected chi connectivity index (χ0v) is 22.6. The zero-order chi connectivity index (χ0) is 32.4. The number of carbonyl (C=O) groups is 1. The molecule has 1 heterocycles. The highest BCUT2D eigenvalue weighted by Crippen LogP contribution is 2.50. The molecule has 0 aromatic heterocycles. The zero-order valence-electron chi connectivity index (χ0n) is 22.6. The van der Waals surface area contributed by atoms with Gasteiger partial charge in [0.05, 0.1) is 12.2 Å². The van der Waals surface area contributed by atoms with Crippen LogP contribution in [-0.4, -0.2) is 64.9 Å². The molecule has 0 radical (unpaired) electrons. The van der Waals surface area contributed by atoms with Gasteiger partial charge in [-0.3, -0.25) is 4.90 Å². The Hall–Kier alpha value is -3.11. The lowest BCUT2D eigenvalue weighted by molar-refractivity contribution is -0.376. The number of nitrogens with zero attached hydrogens (tertiary/aromatic N) is 1. The van der Waals surface area contributed by atoms with Gasteiger partial charge in [0.1, 0.15) is 5.82 Å². The van der Waals surface area contributed by atoms with Gasteiger partial charge in [-0.25, -0.2) is 9.18 Å². The Morgan fingerprint density at radius 3 is 1.88 bits per heavy atom. The van der Waals surface area contributed by atoms with Crippen molar-refractivity contribution in [2.75, 3.05) is 25.0 Å². The predicted octanol–water partition coefficient (Wildman–Crippen LogP) is 6.03. The van der Waals surface area contributed by atoms with E-state index in [9.17, 15) is 58.9 Å². The van der Waals surface area contributed by atoms with Crippen LogP contribution in [0.2, 0.25) is 0 Å². The molecule has 1 aliphatic heterocycles. The molecule has 43 heavy (non-hydrogen) atoms. The number of anilines is 1. The lowest BCUT2D eigenvalue weighted by Crippen LogP contribution is -2.53. The highest BCUT2D eigenvalue weighted by Gasteiger charge is 2.71. The Morgan fingerprint density at radius 2 is 1.40 bits per heavy atom. The van der Waals surface area contributed by atoms with Gasteiger partial charge in [0.15, 0.2) is 5.60 Å². The summed E-state index contributed by atoms with van der Waals surface area (Å²) < 4.78 is 131. The summed E-state index contributed by atoms with van der Waals surface area (Å²) in [6.45, 7) is 0.676. The Bertz CT molecular complexity index is 1240. The Balaban J connectivity index is 1.51. The van der Waals surface area contributed by atoms with Crippen molar-refractivity contribution in [1.82, 2.24) is 10.2 Å². The van der Waals surface area contributed by atoms with Crippen LogP contribution in [0.3, 0.4) is 0 Å². The van der Waals surface area contributed by atoms with Crippen LogP contribution in [0.1, 0.15) is 36.5 Å². The summed E-state index contributed by atoms with van der Waals surface area (Å²) in [6.07, 6.45) is -15.1. The molecule has 240 valence electrons. The van der Waals surface area contributed by atoms with Gasteiger partial charge in [0.25, 0.3) is 5.60 Å². The molecule has 1 saturated heterocycles. The van der Waals surface area contributed by atoms with Crippen molar-refractivity contribution in [2.24, 2.45) is 5.92 Å². The molecule has 3 rings (SSSR count). The maximum Gasteiger partial charge on any atom is 0.430 e. The van der Waals surface area contributed by atoms with E-state index in [1.807, 2.05) is 10.2 Å². The van der Waals surface area contributed by atoms with Crippen molar-refractivity contribution in [2.45, 2.75) is 62.5 Å². The molecular formula is C27H29F10N3O3. The van der Waals surface area contributed by atoms with Gasteiger partial charge in [-0.2, -0.15) is 39.5 Å². The monoisotopic (exact) mass is 633 g/mol. The molecule has 0 aliphatic carbocycles. The fourth-order valence-corrected chi connectivity index (χ4v) is 4.59. The Morgan fingerprint density at radius 1 is 0.860 bits per heavy atom. The smallest absolute Gasteiger partial charge is 0.379 e. The van der Waals surface area contributed by atoms with Crippen LogP contribution in [0, 0.1) is 11.7 Å². The van der Waals surface area contributed by atoms with E-state index < -0.39 is 53.7 Å². The van der Waals surface area contributed by atoms with E-state index in [-0.39, 0.29) is 18.2 Å². The third kappa shape index (κ3) is 8.09. The van der Waals surface area contributed by atoms with E-state index in [0.29, 0.717) is 62.5 Å². The van der Waals surface area contributed by atoms with Crippen LogP contribution in [-0.2, 0) is 18.6 Å². The number of carbonyl (C=O) groups excluding carboxylic acids is 1. The number of halogens is 10. The number of hydrogen-bond acceptors (Lipinski definition) is 4. The molecule has 0 spiro atoms. The molecular weight excluding hydrogens is 604 g/mol. The third-order valence-electron chi connectivity index (χ3n) is 7.32. The maximum atomic E-state index is 14.5. The number of aliphatic hydroxyl groups is 2. The van der Waals surface area contributed by atoms with Crippen LogP contribution in [0.4, 0.5) is 54.4 Å². The number of urea groups is 1. The van der Waals surface area contributed by atoms with Crippen molar-refractivity contribution in [3.05, 3.63) is 65.0 Å². The summed E-state index contributed by atoms with van der Waals surface area (Å²) in [4.78, 5) is 13.8. The molecule has 2 aromatic rings. The van der Waals surface area contributed by atoms with Crippen molar-refractivity contribution < 1.29 is 58.9 Å². The lowest BCUT2D eigenvalue weighted by Gasteiger charge is -2.33. The van der Waals surface area contributed by atoms with Gasteiger partial charge in [0.2, 0.25) is 0 Å². The maximum absolute atomic E-state index is 14.5. The quantitative estimate of drug-likeness (QED) is 0.268. The average molecular weight is 634 g/mol. The van der Waals surface area contributed by atoms with Gasteiger partial charge < -0.3 is 20.8 Å². The molecule has 16 heteroatoms. The summed E-state index contributed by atoms with van der Waals surface area (Å²) in [7, 11) is 0. The fraction of sp³-hybridized carbons (Fsp3) is 0.519. The van der Waals surface area contributed by atoms with Gasteiger partial charge in [-0.05, 0) is 68.5 Å². The number of likely N-dealkylation sites (tertiary alicyclic amines) is 1. The fourth-order valence-electron chi connectivity index (χ4n) is 4.59. The lowest BCUT2D eigenvalue weighted by atomic mass is 9.89. The second kappa shape index (κ2) is 12.5. The number of rotatable bonds is 8. The first kappa shape index (κ1) is 34.4. The van der Waals surface area contributed by atoms with Crippen LogP contribution >= 0.6 is 0 Å². The molecule has 1 aliphatic rings. The first-order valence-corrected chi connectivity index (χ1v) is 12.9. The Labute approximate surface area is 239 Å². The molecule has 6 nitrogen and oxygen atoms in total. The normalized spacial score (nSPS) is 17.4. The summed E-state index contributed by atoms with van der Waals surface area (Å²) in [5, 5.41) is 22.8. The Kier molecular flexibility index (Phi) is 9.98. The number of hydrogen-bond donors (Lipinski definition) is 4. The van der Waals surface area contributed by atoms with E-state index >= 15 is 0 Å². The molecule has 1 unspecified atom stereocenters. The molecule has 0 saturated carbocycles. The first-order valence-electron chi connectivity index (χ1n) is 12.9. The number of benzene rings is 2. The number of piperidine rings is 1. The number of amides is 2. The standard InChI is InChI=1S/C27H29F10N3O3/c1-23(42,25(29,30)31)15-38-22(41)39-21-7-4-18(13-20(21)28)12-16-8-10-40(11-9-16)14-17-2-5-19(6-3-17)24(43,26(32,33)34)27(35,36)37/h2-7,13,16,42-43H,8-12,14-15H2,1H3,(H2,38,39,41). The van der Waals surface area contributed by atoms with Crippen LogP contribution in [0.25, 0.3) is 0 Å². The van der Waals surface area contributed by atoms with Gasteiger partial charge >= 0.3 is 24.6 Å². The molecule has 0 bridgehead atoms. The third-order valence-corrected chi connectivity index (χ3v) is 7.32. The highest BCUT2D eigenvalue weighted by molar-refractivity contribution is 5.89. The summed E-state index contributed by atoms with van der Waals surface area (Å²) in [5.41, 5.74) is -8.73. The SMILES string of the molecule is CC(O)(CNC(=O)Nc1ccc(CC2CCN(Cc3ccc(C(O)(C(F)(F)F)C(F)(F)F)cc3)CC2)cc1F)C(F)(F)F. The van der Waals surface area contributed by atoms with Gasteiger partial charge in [0, 0.05) is 12.1 Å². The summed E-state index contributed by atoms with van der Waals surface area (Å²) in [6, 6.07) is 6.24. The molecule has 1 atom stereocenters. The van der Waals surface area contributed by atoms with E-state index in [1.165, 1.54) is 12.1 Å². The number of alkyl halides is 9. The van der Waals surface area contributed by atoms with E-state index in [4.69, 9.17) is 0 Å². The second-order valence-corrected chi connectivity index (χ2v) is 10.7. The second-order valence-electron chi connectivity index (χ2n) is 10.7. The van der Waals surface area contributed by atoms with Gasteiger partial charge in [-0.1, -0.05) is 30.3 Å². The molecule has 1 fully saturated rings. The molecule has 2 amide bonds. The minimum atomic E-state index is -5.97. The van der Waals surface area contributed by atoms with Crippen molar-refractivity contribution in [3.63, 3.8) is 0 Å². The largest absolute Gasteiger partial charge is 0.430 e. The van der Waals surface area contributed by atoms with E-state index in [0.717, 1.165) is 12.1 Å². The van der Waals surface area contributed by atoms with Crippen LogP contribution in [0.5, 0.6) is 0 Å². The van der Waals surface area contributed by atoms with Crippen molar-refractivity contribution >= 4 is 11.7 Å². The van der Waals surface area contributed by atoms with Crippen molar-refractivity contribution in [3.8, 4) is 0 Å². The van der Waals surface area contributed by atoms with Crippen molar-refractivity contribution in [1.29, 1.82) is 0 Å². The molecule has 2 aromatic carbocycles. The highest BCUT2D eigenvalue weighted by atomic mass is 19.4. The van der Waals surface area contributed by atoms with E-state index in [2.05, 4.69) is 5.32 Å². The minimum absolute atomic E-state index is 0.123. The topological polar surface area (TPSA) is 84.8 Å². The average Bonchev–Trinajstić information content (AvgIpc) is 2.88. The predicted molar refractivity (Wildman–Crippen MR) is 134 cm³/mol. The van der Waals surface area contributed by atoms with E-state index in [1.54, 1.807) is 6.07 Å². The first-order chi connectivity index (χ1) is 19.6. The summed E-state index contributed by atoms with van der Waals surface area (Å²) >= 11 is 0. The minimum Gasteiger partial charge on any atom is -0.379 e. The van der Waals surface area contributed by atoms with Gasteiger partial charge in [-0.15, -0.1) is 0 Å². The summed E-state index contributed by atoms with van der Waals surface area (Å²) in [5.74, 6) is -0.697. The van der Waals surface area contributed by atoms with Crippen LogP contribution < -0.4 is 10.6 Å².